The van der Waals surface area contributed by atoms with Crippen molar-refractivity contribution in [2.24, 2.45) is 5.92 Å². The van der Waals surface area contributed by atoms with Gasteiger partial charge in [0.05, 0.1) is 29.3 Å². The summed E-state index contributed by atoms with van der Waals surface area (Å²) in [6.07, 6.45) is -4.95. The van der Waals surface area contributed by atoms with Crippen molar-refractivity contribution < 1.29 is 35.9 Å². The Labute approximate surface area is 195 Å². The standard InChI is InChI=1S/C22H24F3N3O5S/c1-3-28(16-7-5-4-6-8-16)34(31,32)17-9-10-19(33-2)18(12-17)26-21(30)15-11-20(29)27(13-15)14-22(23,24)25/h4-10,12,15H,3,11,13-14H2,1-2H3,(H,26,30). The maximum Gasteiger partial charge on any atom is 0.406 e. The third-order valence-corrected chi connectivity index (χ3v) is 7.20. The van der Waals surface area contributed by atoms with Crippen molar-refractivity contribution in [1.82, 2.24) is 4.90 Å². The molecule has 1 saturated heterocycles. The van der Waals surface area contributed by atoms with Crippen molar-refractivity contribution in [3.05, 3.63) is 48.5 Å². The van der Waals surface area contributed by atoms with Crippen molar-refractivity contribution in [3.63, 3.8) is 0 Å². The summed E-state index contributed by atoms with van der Waals surface area (Å²) in [4.78, 5) is 25.1. The fourth-order valence-electron chi connectivity index (χ4n) is 3.71. The third kappa shape index (κ3) is 5.61. The van der Waals surface area contributed by atoms with E-state index in [1.54, 1.807) is 37.3 Å². The van der Waals surface area contributed by atoms with Gasteiger partial charge in [0.15, 0.2) is 0 Å². The van der Waals surface area contributed by atoms with Gasteiger partial charge in [0.2, 0.25) is 11.8 Å². The number of carbonyl (C=O) groups excluding carboxylic acids is 2. The second kappa shape index (κ2) is 9.92. The van der Waals surface area contributed by atoms with Gasteiger partial charge in [-0.15, -0.1) is 0 Å². The molecule has 8 nitrogen and oxygen atoms in total. The lowest BCUT2D eigenvalue weighted by Crippen LogP contribution is -2.36. The lowest BCUT2D eigenvalue weighted by molar-refractivity contribution is -0.157. The number of carbonyl (C=O) groups is 2. The van der Waals surface area contributed by atoms with E-state index in [2.05, 4.69) is 5.32 Å². The molecule has 0 aliphatic carbocycles. The Morgan fingerprint density at radius 1 is 1.21 bits per heavy atom. The van der Waals surface area contributed by atoms with Crippen LogP contribution in [0.4, 0.5) is 24.5 Å². The highest BCUT2D eigenvalue weighted by molar-refractivity contribution is 7.92. The molecule has 3 rings (SSSR count). The number of benzene rings is 2. The number of methoxy groups -OCH3 is 1. The van der Waals surface area contributed by atoms with Gasteiger partial charge in [-0.3, -0.25) is 13.9 Å². The average molecular weight is 500 g/mol. The highest BCUT2D eigenvalue weighted by atomic mass is 32.2. The average Bonchev–Trinajstić information content (AvgIpc) is 3.13. The fourth-order valence-corrected chi connectivity index (χ4v) is 5.21. The van der Waals surface area contributed by atoms with Crippen molar-refractivity contribution >= 4 is 33.2 Å². The zero-order valence-corrected chi connectivity index (χ0v) is 19.3. The summed E-state index contributed by atoms with van der Waals surface area (Å²) in [5, 5.41) is 2.51. The van der Waals surface area contributed by atoms with E-state index in [1.807, 2.05) is 0 Å². The van der Waals surface area contributed by atoms with Crippen LogP contribution in [0.1, 0.15) is 13.3 Å². The summed E-state index contributed by atoms with van der Waals surface area (Å²) < 4.78 is 71.0. The van der Waals surface area contributed by atoms with Crippen LogP contribution in [0.3, 0.4) is 0 Å². The van der Waals surface area contributed by atoms with Crippen LogP contribution in [0.25, 0.3) is 0 Å². The summed E-state index contributed by atoms with van der Waals surface area (Å²) in [5.74, 6) is -2.34. The number of para-hydroxylation sites is 1. The van der Waals surface area contributed by atoms with Crippen LogP contribution >= 0.6 is 0 Å². The molecular weight excluding hydrogens is 475 g/mol. The van der Waals surface area contributed by atoms with Gasteiger partial charge in [0.25, 0.3) is 10.0 Å². The topological polar surface area (TPSA) is 96.0 Å². The van der Waals surface area contributed by atoms with Crippen LogP contribution in [-0.4, -0.2) is 58.1 Å². The molecule has 2 amide bonds. The number of nitrogens with one attached hydrogen (secondary N) is 1. The fraction of sp³-hybridized carbons (Fsp3) is 0.364. The lowest BCUT2D eigenvalue weighted by atomic mass is 10.1. The van der Waals surface area contributed by atoms with Crippen LogP contribution in [0, 0.1) is 5.92 Å². The second-order valence-electron chi connectivity index (χ2n) is 7.65. The summed E-state index contributed by atoms with van der Waals surface area (Å²) in [7, 11) is -2.68. The monoisotopic (exact) mass is 499 g/mol. The number of alkyl halides is 3. The molecule has 0 spiro atoms. The molecule has 1 aliphatic rings. The Balaban J connectivity index is 1.84. The Kier molecular flexibility index (Phi) is 7.39. The van der Waals surface area contributed by atoms with Gasteiger partial charge < -0.3 is 15.0 Å². The molecule has 34 heavy (non-hydrogen) atoms. The molecule has 12 heteroatoms. The molecule has 0 bridgehead atoms. The first-order chi connectivity index (χ1) is 16.0. The Hall–Kier alpha value is -3.28. The van der Waals surface area contributed by atoms with Crippen molar-refractivity contribution in [3.8, 4) is 5.75 Å². The van der Waals surface area contributed by atoms with Gasteiger partial charge in [0, 0.05) is 19.5 Å². The predicted molar refractivity (Wildman–Crippen MR) is 119 cm³/mol. The molecule has 2 aromatic rings. The SMILES string of the molecule is CCN(c1ccccc1)S(=O)(=O)c1ccc(OC)c(NC(=O)C2CC(=O)N(CC(F)(F)F)C2)c1. The Morgan fingerprint density at radius 2 is 1.88 bits per heavy atom. The van der Waals surface area contributed by atoms with Crippen LogP contribution in [0.5, 0.6) is 5.75 Å². The largest absolute Gasteiger partial charge is 0.495 e. The van der Waals surface area contributed by atoms with Gasteiger partial charge in [-0.1, -0.05) is 18.2 Å². The quantitative estimate of drug-likeness (QED) is 0.602. The van der Waals surface area contributed by atoms with Crippen molar-refractivity contribution in [2.75, 3.05) is 36.4 Å². The molecular formula is C22H24F3N3O5S. The van der Waals surface area contributed by atoms with Gasteiger partial charge in [-0.05, 0) is 37.3 Å². The summed E-state index contributed by atoms with van der Waals surface area (Å²) in [6, 6.07) is 12.4. The minimum atomic E-state index is -4.57. The van der Waals surface area contributed by atoms with Crippen LogP contribution in [-0.2, 0) is 19.6 Å². The predicted octanol–water partition coefficient (Wildman–Crippen LogP) is 3.26. The van der Waals surface area contributed by atoms with Gasteiger partial charge in [0.1, 0.15) is 12.3 Å². The number of hydrogen-bond acceptors (Lipinski definition) is 5. The maximum atomic E-state index is 13.3. The van der Waals surface area contributed by atoms with Gasteiger partial charge in [-0.25, -0.2) is 8.42 Å². The van der Waals surface area contributed by atoms with Crippen LogP contribution < -0.4 is 14.4 Å². The molecule has 1 heterocycles. The summed E-state index contributed by atoms with van der Waals surface area (Å²) in [6.45, 7) is 0.0148. The highest BCUT2D eigenvalue weighted by Crippen LogP contribution is 2.32. The molecule has 1 aliphatic heterocycles. The first kappa shape index (κ1) is 25.3. The first-order valence-corrected chi connectivity index (χ1v) is 11.8. The minimum Gasteiger partial charge on any atom is -0.495 e. The Bertz CT molecular complexity index is 1160. The number of hydrogen-bond donors (Lipinski definition) is 1. The number of ether oxygens (including phenoxy) is 1. The van der Waals surface area contributed by atoms with Crippen LogP contribution in [0.15, 0.2) is 53.4 Å². The van der Waals surface area contributed by atoms with Gasteiger partial charge >= 0.3 is 6.18 Å². The number of likely N-dealkylation sites (tertiary alicyclic amines) is 1. The van der Waals surface area contributed by atoms with E-state index < -0.39 is 40.5 Å². The zero-order valence-electron chi connectivity index (χ0n) is 18.5. The second-order valence-corrected chi connectivity index (χ2v) is 9.51. The number of amides is 2. The number of nitrogens with zero attached hydrogens (tertiary/aromatic N) is 2. The summed E-state index contributed by atoms with van der Waals surface area (Å²) in [5.41, 5.74) is 0.486. The molecule has 0 radical (unpaired) electrons. The number of halogens is 3. The van der Waals surface area contributed by atoms with E-state index in [-0.39, 0.29) is 35.8 Å². The van der Waals surface area contributed by atoms with E-state index in [0.717, 1.165) is 0 Å². The normalized spacial score (nSPS) is 16.4. The summed E-state index contributed by atoms with van der Waals surface area (Å²) >= 11 is 0. The van der Waals surface area contributed by atoms with Gasteiger partial charge in [-0.2, -0.15) is 13.2 Å². The first-order valence-electron chi connectivity index (χ1n) is 10.4. The van der Waals surface area contributed by atoms with Crippen molar-refractivity contribution in [1.29, 1.82) is 0 Å². The molecule has 184 valence electrons. The molecule has 2 aromatic carbocycles. The zero-order chi connectivity index (χ0) is 25.1. The number of sulfonamides is 1. The highest BCUT2D eigenvalue weighted by Gasteiger charge is 2.40. The van der Waals surface area contributed by atoms with E-state index in [0.29, 0.717) is 10.6 Å². The number of anilines is 2. The molecule has 1 N–H and O–H groups in total. The van der Waals surface area contributed by atoms with E-state index in [9.17, 15) is 31.2 Å². The molecule has 0 aromatic heterocycles. The Morgan fingerprint density at radius 3 is 2.47 bits per heavy atom. The van der Waals surface area contributed by atoms with E-state index >= 15 is 0 Å². The van der Waals surface area contributed by atoms with E-state index in [1.165, 1.54) is 29.6 Å². The molecule has 1 atom stereocenters. The molecule has 1 unspecified atom stereocenters. The minimum absolute atomic E-state index is 0.0272. The molecule has 1 fully saturated rings. The van der Waals surface area contributed by atoms with Crippen LogP contribution in [0.2, 0.25) is 0 Å². The third-order valence-electron chi connectivity index (χ3n) is 5.30. The number of rotatable bonds is 8. The lowest BCUT2D eigenvalue weighted by Gasteiger charge is -2.23. The van der Waals surface area contributed by atoms with Crippen molar-refractivity contribution in [2.45, 2.75) is 24.4 Å². The van der Waals surface area contributed by atoms with E-state index in [4.69, 9.17) is 4.74 Å². The maximum absolute atomic E-state index is 13.3. The molecule has 0 saturated carbocycles. The smallest absolute Gasteiger partial charge is 0.406 e.